The van der Waals surface area contributed by atoms with Gasteiger partial charge in [0.15, 0.2) is 0 Å². The molecule has 1 fully saturated rings. The highest BCUT2D eigenvalue weighted by Gasteiger charge is 2.27. The number of rotatable bonds is 6. The normalized spacial score (nSPS) is 28.6. The Morgan fingerprint density at radius 3 is 2.80 bits per heavy atom. The van der Waals surface area contributed by atoms with Gasteiger partial charge in [0.05, 0.1) is 12.7 Å². The molecule has 1 saturated carbocycles. The molecule has 0 amide bonds. The van der Waals surface area contributed by atoms with Crippen LogP contribution in [0.1, 0.15) is 19.3 Å². The second-order valence-electron chi connectivity index (χ2n) is 4.37. The van der Waals surface area contributed by atoms with Crippen molar-refractivity contribution < 1.29 is 9.84 Å². The molecule has 0 aromatic heterocycles. The number of nitrogens with zero attached hydrogens (tertiary/aromatic N) is 1. The number of hydrogen-bond acceptors (Lipinski definition) is 4. The molecule has 15 heavy (non-hydrogen) atoms. The van der Waals surface area contributed by atoms with E-state index >= 15 is 0 Å². The van der Waals surface area contributed by atoms with E-state index in [1.165, 1.54) is 19.3 Å². The van der Waals surface area contributed by atoms with Crippen molar-refractivity contribution in [2.24, 2.45) is 0 Å². The lowest BCUT2D eigenvalue weighted by Crippen LogP contribution is -2.38. The van der Waals surface area contributed by atoms with Crippen LogP contribution >= 0.6 is 11.8 Å². The number of methoxy groups -OCH3 is 1. The highest BCUT2D eigenvalue weighted by molar-refractivity contribution is 7.99. The number of thioether (sulfide) groups is 1. The number of hydrogen-bond donors (Lipinski definition) is 1. The van der Waals surface area contributed by atoms with Crippen molar-refractivity contribution in [2.75, 3.05) is 33.6 Å². The Bertz CT molecular complexity index is 180. The number of aliphatic hydroxyl groups is 1. The Labute approximate surface area is 97.2 Å². The monoisotopic (exact) mass is 233 g/mol. The Kier molecular flexibility index (Phi) is 5.97. The molecule has 0 aromatic carbocycles. The predicted molar refractivity (Wildman–Crippen MR) is 65.5 cm³/mol. The van der Waals surface area contributed by atoms with E-state index in [2.05, 4.69) is 18.2 Å². The third-order valence-corrected chi connectivity index (χ3v) is 4.27. The average molecular weight is 233 g/mol. The van der Waals surface area contributed by atoms with E-state index in [9.17, 15) is 5.11 Å². The molecule has 0 aliphatic heterocycles. The van der Waals surface area contributed by atoms with Gasteiger partial charge >= 0.3 is 0 Å². The number of ether oxygens (including phenoxy) is 1. The van der Waals surface area contributed by atoms with Crippen molar-refractivity contribution in [3.8, 4) is 0 Å². The summed E-state index contributed by atoms with van der Waals surface area (Å²) < 4.78 is 4.93. The quantitative estimate of drug-likeness (QED) is 0.747. The summed E-state index contributed by atoms with van der Waals surface area (Å²) in [4.78, 5) is 2.28. The Morgan fingerprint density at radius 2 is 2.27 bits per heavy atom. The van der Waals surface area contributed by atoms with Crippen molar-refractivity contribution in [3.05, 3.63) is 0 Å². The molecule has 90 valence electrons. The van der Waals surface area contributed by atoms with Gasteiger partial charge in [-0.15, -0.1) is 0 Å². The van der Waals surface area contributed by atoms with Crippen LogP contribution in [-0.4, -0.2) is 61.0 Å². The first-order valence-electron chi connectivity index (χ1n) is 5.57. The van der Waals surface area contributed by atoms with Gasteiger partial charge in [0, 0.05) is 24.9 Å². The minimum atomic E-state index is -0.353. The fourth-order valence-electron chi connectivity index (χ4n) is 2.26. The van der Waals surface area contributed by atoms with E-state index in [4.69, 9.17) is 4.74 Å². The largest absolute Gasteiger partial charge is 0.389 e. The summed E-state index contributed by atoms with van der Waals surface area (Å²) in [6.45, 7) is 1.16. The van der Waals surface area contributed by atoms with Crippen LogP contribution in [0, 0.1) is 0 Å². The molecule has 3 unspecified atom stereocenters. The van der Waals surface area contributed by atoms with E-state index in [-0.39, 0.29) is 6.10 Å². The van der Waals surface area contributed by atoms with Gasteiger partial charge < -0.3 is 14.7 Å². The van der Waals surface area contributed by atoms with Crippen LogP contribution < -0.4 is 0 Å². The molecule has 1 rings (SSSR count). The zero-order valence-corrected chi connectivity index (χ0v) is 10.8. The van der Waals surface area contributed by atoms with Crippen molar-refractivity contribution in [1.29, 1.82) is 0 Å². The van der Waals surface area contributed by atoms with Crippen molar-refractivity contribution >= 4 is 11.8 Å². The molecule has 1 aliphatic rings. The van der Waals surface area contributed by atoms with Gasteiger partial charge in [-0.05, 0) is 32.6 Å². The molecule has 3 nitrogen and oxygen atoms in total. The Hall–Kier alpha value is 0.230. The highest BCUT2D eigenvalue weighted by atomic mass is 32.2. The van der Waals surface area contributed by atoms with E-state index < -0.39 is 0 Å². The van der Waals surface area contributed by atoms with Crippen LogP contribution in [0.3, 0.4) is 0 Å². The maximum atomic E-state index is 9.63. The first kappa shape index (κ1) is 13.3. The van der Waals surface area contributed by atoms with Gasteiger partial charge in [0.2, 0.25) is 0 Å². The fourth-order valence-corrected chi connectivity index (χ4v) is 3.04. The third-order valence-electron chi connectivity index (χ3n) is 3.17. The first-order chi connectivity index (χ1) is 7.17. The maximum absolute atomic E-state index is 9.63. The van der Waals surface area contributed by atoms with Gasteiger partial charge in [-0.3, -0.25) is 0 Å². The summed E-state index contributed by atoms with van der Waals surface area (Å²) >= 11 is 1.97. The van der Waals surface area contributed by atoms with Gasteiger partial charge in [0.1, 0.15) is 0 Å². The van der Waals surface area contributed by atoms with Crippen LogP contribution in [0.4, 0.5) is 0 Å². The minimum Gasteiger partial charge on any atom is -0.389 e. The molecule has 0 radical (unpaired) electrons. The van der Waals surface area contributed by atoms with Crippen LogP contribution in [-0.2, 0) is 4.74 Å². The third kappa shape index (κ3) is 4.31. The molecule has 0 saturated heterocycles. The van der Waals surface area contributed by atoms with Gasteiger partial charge in [-0.2, -0.15) is 11.8 Å². The molecular weight excluding hydrogens is 210 g/mol. The summed E-state index contributed by atoms with van der Waals surface area (Å²) in [6.07, 6.45) is 5.68. The molecular formula is C11H23NO2S. The number of aliphatic hydroxyl groups excluding tert-OH is 1. The van der Waals surface area contributed by atoms with Crippen LogP contribution in [0.15, 0.2) is 0 Å². The fraction of sp³-hybridized carbons (Fsp3) is 1.00. The lowest BCUT2D eigenvalue weighted by Gasteiger charge is -2.26. The van der Waals surface area contributed by atoms with Gasteiger partial charge in [-0.25, -0.2) is 0 Å². The maximum Gasteiger partial charge on any atom is 0.0900 e. The van der Waals surface area contributed by atoms with Crippen molar-refractivity contribution in [1.82, 2.24) is 4.90 Å². The van der Waals surface area contributed by atoms with E-state index in [1.807, 2.05) is 11.8 Å². The van der Waals surface area contributed by atoms with Crippen molar-refractivity contribution in [2.45, 2.75) is 36.7 Å². The van der Waals surface area contributed by atoms with E-state index in [1.54, 1.807) is 7.11 Å². The highest BCUT2D eigenvalue weighted by Crippen LogP contribution is 2.30. The zero-order valence-electron chi connectivity index (χ0n) is 9.98. The second kappa shape index (κ2) is 6.74. The van der Waals surface area contributed by atoms with Gasteiger partial charge in [0.25, 0.3) is 0 Å². The van der Waals surface area contributed by atoms with Crippen molar-refractivity contribution in [3.63, 3.8) is 0 Å². The van der Waals surface area contributed by atoms with E-state index in [0.717, 1.165) is 11.8 Å². The Morgan fingerprint density at radius 1 is 1.53 bits per heavy atom. The number of likely N-dealkylation sites (N-methyl/N-ethyl adjacent to an activating group) is 1. The smallest absolute Gasteiger partial charge is 0.0900 e. The van der Waals surface area contributed by atoms with Crippen LogP contribution in [0.2, 0.25) is 0 Å². The first-order valence-corrected chi connectivity index (χ1v) is 6.86. The molecule has 0 aromatic rings. The van der Waals surface area contributed by atoms with Crippen LogP contribution in [0.25, 0.3) is 0 Å². The molecule has 0 bridgehead atoms. The molecule has 0 heterocycles. The van der Waals surface area contributed by atoms with Gasteiger partial charge in [-0.1, -0.05) is 0 Å². The van der Waals surface area contributed by atoms with E-state index in [0.29, 0.717) is 12.6 Å². The molecule has 0 spiro atoms. The van der Waals surface area contributed by atoms with Crippen LogP contribution in [0.5, 0.6) is 0 Å². The summed E-state index contributed by atoms with van der Waals surface area (Å²) in [5.41, 5.74) is 0. The SMILES string of the molecule is COCC(O)CN(C)C1CCC(SC)C1. The molecule has 4 heteroatoms. The summed E-state index contributed by atoms with van der Waals surface area (Å²) in [6, 6.07) is 0.647. The molecule has 1 aliphatic carbocycles. The summed E-state index contributed by atoms with van der Waals surface area (Å²) in [5, 5.41) is 10.4. The summed E-state index contributed by atoms with van der Waals surface area (Å²) in [7, 11) is 3.73. The Balaban J connectivity index is 2.25. The lowest BCUT2D eigenvalue weighted by molar-refractivity contribution is 0.0348. The average Bonchev–Trinajstić information content (AvgIpc) is 2.66. The standard InChI is InChI=1S/C11H23NO2S/c1-12(7-10(13)8-14-2)9-4-5-11(6-9)15-3/h9-11,13H,4-8H2,1-3H3. The second-order valence-corrected chi connectivity index (χ2v) is 5.51. The topological polar surface area (TPSA) is 32.7 Å². The minimum absolute atomic E-state index is 0.353. The summed E-state index contributed by atoms with van der Waals surface area (Å²) in [5.74, 6) is 0. The molecule has 1 N–H and O–H groups in total. The lowest BCUT2D eigenvalue weighted by atomic mass is 10.2. The molecule has 3 atom stereocenters. The predicted octanol–water partition coefficient (Wildman–Crippen LogP) is 1.21. The zero-order chi connectivity index (χ0) is 11.3.